The predicted molar refractivity (Wildman–Crippen MR) is 223 cm³/mol. The summed E-state index contributed by atoms with van der Waals surface area (Å²) < 4.78 is 11.2. The van der Waals surface area contributed by atoms with Gasteiger partial charge in [0.2, 0.25) is 0 Å². The van der Waals surface area contributed by atoms with Crippen molar-refractivity contribution < 1.29 is 19.4 Å². The summed E-state index contributed by atoms with van der Waals surface area (Å²) in [4.78, 5) is 12.2. The van der Waals surface area contributed by atoms with Gasteiger partial charge in [0, 0.05) is 13.0 Å². The van der Waals surface area contributed by atoms with Crippen molar-refractivity contribution in [3.63, 3.8) is 0 Å². The highest BCUT2D eigenvalue weighted by atomic mass is 16.6. The van der Waals surface area contributed by atoms with Gasteiger partial charge in [-0.15, -0.1) is 0 Å². The summed E-state index contributed by atoms with van der Waals surface area (Å²) in [7, 11) is 0. The largest absolute Gasteiger partial charge is 0.457 e. The van der Waals surface area contributed by atoms with Crippen molar-refractivity contribution in [2.75, 3.05) is 19.8 Å². The van der Waals surface area contributed by atoms with Crippen LogP contribution in [-0.2, 0) is 14.3 Å². The molecule has 0 amide bonds. The summed E-state index contributed by atoms with van der Waals surface area (Å²) >= 11 is 0. The van der Waals surface area contributed by atoms with Gasteiger partial charge in [0.05, 0.1) is 13.2 Å². The molecule has 0 aliphatic heterocycles. The van der Waals surface area contributed by atoms with Gasteiger partial charge in [0.25, 0.3) is 0 Å². The van der Waals surface area contributed by atoms with Gasteiger partial charge in [-0.1, -0.05) is 184 Å². The summed E-state index contributed by atoms with van der Waals surface area (Å²) in [5.41, 5.74) is 0. The van der Waals surface area contributed by atoms with Crippen molar-refractivity contribution in [1.29, 1.82) is 0 Å². The number of carbonyl (C=O) groups is 1. The third-order valence-electron chi connectivity index (χ3n) is 9.33. The molecule has 0 aromatic carbocycles. The Labute approximate surface area is 317 Å². The molecule has 0 saturated carbocycles. The van der Waals surface area contributed by atoms with Crippen LogP contribution in [0, 0.1) is 0 Å². The second-order valence-electron chi connectivity index (χ2n) is 14.4. The van der Waals surface area contributed by atoms with E-state index in [0.717, 1.165) is 44.9 Å². The SMILES string of the molecule is CC/C=C\C/C=C\C/C=C\CCCCCCCCCC(=O)OC(CO)COCCCCCCCCCCCC/C=C\C/C=C\CCCCCCC. The Kier molecular flexibility index (Phi) is 42.6. The molecule has 0 aromatic heterocycles. The Bertz CT molecular complexity index is 839. The highest BCUT2D eigenvalue weighted by Crippen LogP contribution is 2.13. The molecule has 0 saturated heterocycles. The number of hydrogen-bond donors (Lipinski definition) is 1. The number of allylic oxidation sites excluding steroid dienone is 10. The molecule has 0 fully saturated rings. The first-order chi connectivity index (χ1) is 25.2. The van der Waals surface area contributed by atoms with Crippen LogP contribution in [0.2, 0.25) is 0 Å². The molecule has 0 spiro atoms. The monoisotopic (exact) mass is 713 g/mol. The zero-order chi connectivity index (χ0) is 37.0. The van der Waals surface area contributed by atoms with E-state index in [2.05, 4.69) is 74.6 Å². The average molecular weight is 713 g/mol. The van der Waals surface area contributed by atoms with Crippen molar-refractivity contribution in [2.24, 2.45) is 0 Å². The third-order valence-corrected chi connectivity index (χ3v) is 9.33. The normalized spacial score (nSPS) is 12.9. The molecule has 0 radical (unpaired) electrons. The lowest BCUT2D eigenvalue weighted by molar-refractivity contribution is -0.154. The lowest BCUT2D eigenvalue weighted by Crippen LogP contribution is -2.27. The Morgan fingerprint density at radius 2 is 0.882 bits per heavy atom. The fourth-order valence-electron chi connectivity index (χ4n) is 6.08. The van der Waals surface area contributed by atoms with Crippen molar-refractivity contribution in [3.8, 4) is 0 Å². The maximum Gasteiger partial charge on any atom is 0.306 e. The van der Waals surface area contributed by atoms with Crippen molar-refractivity contribution in [1.82, 2.24) is 0 Å². The molecule has 4 heteroatoms. The zero-order valence-corrected chi connectivity index (χ0v) is 33.9. The van der Waals surface area contributed by atoms with Crippen molar-refractivity contribution >= 4 is 5.97 Å². The number of unbranched alkanes of at least 4 members (excludes halogenated alkanes) is 22. The Hall–Kier alpha value is -1.91. The van der Waals surface area contributed by atoms with Gasteiger partial charge in [-0.2, -0.15) is 0 Å². The van der Waals surface area contributed by atoms with E-state index in [1.165, 1.54) is 141 Å². The first-order valence-electron chi connectivity index (χ1n) is 21.9. The molecule has 1 atom stereocenters. The molecule has 0 bridgehead atoms. The molecule has 0 heterocycles. The minimum atomic E-state index is -0.543. The molecule has 0 aliphatic carbocycles. The quantitative estimate of drug-likeness (QED) is 0.0390. The molecule has 296 valence electrons. The Balaban J connectivity index is 3.45. The molecule has 1 unspecified atom stereocenters. The van der Waals surface area contributed by atoms with E-state index in [4.69, 9.17) is 9.47 Å². The van der Waals surface area contributed by atoms with Crippen LogP contribution in [0.4, 0.5) is 0 Å². The van der Waals surface area contributed by atoms with E-state index in [9.17, 15) is 9.90 Å². The highest BCUT2D eigenvalue weighted by molar-refractivity contribution is 5.69. The van der Waals surface area contributed by atoms with Crippen LogP contribution in [0.1, 0.15) is 206 Å². The molecule has 0 aromatic rings. The van der Waals surface area contributed by atoms with Crippen LogP contribution in [0.15, 0.2) is 60.8 Å². The summed E-state index contributed by atoms with van der Waals surface area (Å²) in [5, 5.41) is 9.61. The van der Waals surface area contributed by atoms with Gasteiger partial charge in [0.15, 0.2) is 0 Å². The predicted octanol–water partition coefficient (Wildman–Crippen LogP) is 14.4. The number of rotatable bonds is 40. The second kappa shape index (κ2) is 44.3. The first kappa shape index (κ1) is 49.1. The molecule has 0 rings (SSSR count). The fourth-order valence-corrected chi connectivity index (χ4v) is 6.08. The lowest BCUT2D eigenvalue weighted by atomic mass is 10.1. The summed E-state index contributed by atoms with van der Waals surface area (Å²) in [6, 6.07) is 0. The highest BCUT2D eigenvalue weighted by Gasteiger charge is 2.13. The van der Waals surface area contributed by atoms with Gasteiger partial charge < -0.3 is 14.6 Å². The maximum atomic E-state index is 12.2. The van der Waals surface area contributed by atoms with Gasteiger partial charge in [-0.3, -0.25) is 4.79 Å². The van der Waals surface area contributed by atoms with Crippen LogP contribution in [0.5, 0.6) is 0 Å². The van der Waals surface area contributed by atoms with E-state index < -0.39 is 6.10 Å². The Morgan fingerprint density at radius 3 is 1.33 bits per heavy atom. The van der Waals surface area contributed by atoms with E-state index >= 15 is 0 Å². The van der Waals surface area contributed by atoms with Crippen LogP contribution in [-0.4, -0.2) is 37.0 Å². The molecule has 51 heavy (non-hydrogen) atoms. The smallest absolute Gasteiger partial charge is 0.306 e. The van der Waals surface area contributed by atoms with Crippen LogP contribution in [0.3, 0.4) is 0 Å². The molecular weight excluding hydrogens is 629 g/mol. The number of ether oxygens (including phenoxy) is 2. The molecule has 1 N–H and O–H groups in total. The Morgan fingerprint density at radius 1 is 0.490 bits per heavy atom. The van der Waals surface area contributed by atoms with Gasteiger partial charge >= 0.3 is 5.97 Å². The molecule has 0 aliphatic rings. The molecular formula is C47H84O4. The van der Waals surface area contributed by atoms with Gasteiger partial charge in [0.1, 0.15) is 6.10 Å². The number of aliphatic hydroxyl groups is 1. The van der Waals surface area contributed by atoms with E-state index in [1.807, 2.05) is 0 Å². The second-order valence-corrected chi connectivity index (χ2v) is 14.4. The summed E-state index contributed by atoms with van der Waals surface area (Å²) in [6.45, 7) is 5.22. The number of carbonyl (C=O) groups excluding carboxylic acids is 1. The van der Waals surface area contributed by atoms with Crippen molar-refractivity contribution in [3.05, 3.63) is 60.8 Å². The number of aliphatic hydroxyl groups excluding tert-OH is 1. The minimum absolute atomic E-state index is 0.179. The number of esters is 1. The topological polar surface area (TPSA) is 55.8 Å². The van der Waals surface area contributed by atoms with Gasteiger partial charge in [-0.05, 0) is 77.0 Å². The fraction of sp³-hybridized carbons (Fsp3) is 0.766. The van der Waals surface area contributed by atoms with Crippen LogP contribution < -0.4 is 0 Å². The third kappa shape index (κ3) is 42.4. The maximum absolute atomic E-state index is 12.2. The minimum Gasteiger partial charge on any atom is -0.457 e. The average Bonchev–Trinajstić information content (AvgIpc) is 3.14. The molecule has 4 nitrogen and oxygen atoms in total. The lowest BCUT2D eigenvalue weighted by Gasteiger charge is -2.16. The standard InChI is InChI=1S/C47H84O4/c1-3-5-7-9-11-13-15-17-19-21-22-23-24-25-27-29-31-33-35-37-39-41-43-50-45-46(44-48)51-47(49)42-40-38-36-34-32-30-28-26-20-18-16-14-12-10-8-6-4-2/h6,8,12,14-15,17-18,20-22,46,48H,3-5,7,9-11,13,16,19,23-45H2,1-2H3/b8-6-,14-12-,17-15-,20-18-,22-21-. The van der Waals surface area contributed by atoms with Crippen LogP contribution in [0.25, 0.3) is 0 Å². The van der Waals surface area contributed by atoms with Crippen LogP contribution >= 0.6 is 0 Å². The summed E-state index contributed by atoms with van der Waals surface area (Å²) in [6.07, 6.45) is 58.5. The summed E-state index contributed by atoms with van der Waals surface area (Å²) in [5.74, 6) is -0.212. The van der Waals surface area contributed by atoms with E-state index in [-0.39, 0.29) is 19.2 Å². The first-order valence-corrected chi connectivity index (χ1v) is 21.9. The van der Waals surface area contributed by atoms with Crippen molar-refractivity contribution in [2.45, 2.75) is 213 Å². The van der Waals surface area contributed by atoms with E-state index in [1.54, 1.807) is 0 Å². The zero-order valence-electron chi connectivity index (χ0n) is 33.9. The van der Waals surface area contributed by atoms with E-state index in [0.29, 0.717) is 13.0 Å². The van der Waals surface area contributed by atoms with Gasteiger partial charge in [-0.25, -0.2) is 0 Å². The number of hydrogen-bond acceptors (Lipinski definition) is 4.